The molecular weight excluding hydrogens is 448 g/mol. The van der Waals surface area contributed by atoms with E-state index in [-0.39, 0.29) is 5.56 Å². The van der Waals surface area contributed by atoms with E-state index in [0.29, 0.717) is 27.6 Å². The zero-order chi connectivity index (χ0) is 23.1. The molecule has 0 saturated heterocycles. The van der Waals surface area contributed by atoms with Gasteiger partial charge in [-0.15, -0.1) is 0 Å². The van der Waals surface area contributed by atoms with Gasteiger partial charge in [-0.05, 0) is 60.7 Å². The first kappa shape index (κ1) is 20.1. The van der Waals surface area contributed by atoms with Crippen molar-refractivity contribution in [3.63, 3.8) is 0 Å². The van der Waals surface area contributed by atoms with Gasteiger partial charge in [0.2, 0.25) is 0 Å². The van der Waals surface area contributed by atoms with Crippen molar-refractivity contribution in [2.24, 2.45) is 0 Å². The third-order valence-corrected chi connectivity index (χ3v) is 5.87. The van der Waals surface area contributed by atoms with Crippen LogP contribution in [0.5, 0.6) is 0 Å². The van der Waals surface area contributed by atoms with Crippen LogP contribution in [-0.2, 0) is 0 Å². The number of nitrogens with zero attached hydrogens (tertiary/aromatic N) is 6. The summed E-state index contributed by atoms with van der Waals surface area (Å²) in [7, 11) is 0. The summed E-state index contributed by atoms with van der Waals surface area (Å²) in [5, 5.41) is 5.49. The number of hydrogen-bond acceptors (Lipinski definition) is 4. The second-order valence-corrected chi connectivity index (χ2v) is 8.13. The molecule has 3 heterocycles. The van der Waals surface area contributed by atoms with Crippen LogP contribution in [0.25, 0.3) is 39.5 Å². The molecule has 164 valence electrons. The number of para-hydroxylation sites is 1. The smallest absolute Gasteiger partial charge is 0.269 e. The summed E-state index contributed by atoms with van der Waals surface area (Å²) in [6, 6.07) is 24.6. The minimum absolute atomic E-state index is 0.205. The fraction of sp³-hybridized carbons (Fsp3) is 0. The first-order valence-electron chi connectivity index (χ1n) is 10.6. The Labute approximate surface area is 199 Å². The SMILES string of the molecule is O=c1c2cnn(-c3ccccc3)c2nc(-c2ccc(-n3ccnc3)cc2)n1-c1ccc(Cl)cc1. The average Bonchev–Trinajstić information content (AvgIpc) is 3.56. The van der Waals surface area contributed by atoms with Gasteiger partial charge in [-0.2, -0.15) is 5.10 Å². The molecule has 0 amide bonds. The summed E-state index contributed by atoms with van der Waals surface area (Å²) in [6.45, 7) is 0. The first-order valence-corrected chi connectivity index (χ1v) is 11.0. The maximum Gasteiger partial charge on any atom is 0.269 e. The second kappa shape index (κ2) is 8.13. The molecule has 0 aliphatic rings. The zero-order valence-electron chi connectivity index (χ0n) is 17.8. The van der Waals surface area contributed by atoms with E-state index in [1.165, 1.54) is 0 Å². The summed E-state index contributed by atoms with van der Waals surface area (Å²) in [5.41, 5.74) is 3.54. The van der Waals surface area contributed by atoms with Crippen molar-refractivity contribution in [1.82, 2.24) is 28.9 Å². The van der Waals surface area contributed by atoms with Crippen molar-refractivity contribution < 1.29 is 0 Å². The molecule has 6 rings (SSSR count). The number of imidazole rings is 1. The minimum Gasteiger partial charge on any atom is -0.306 e. The van der Waals surface area contributed by atoms with Crippen LogP contribution in [0.15, 0.2) is 109 Å². The van der Waals surface area contributed by atoms with Crippen LogP contribution in [0, 0.1) is 0 Å². The van der Waals surface area contributed by atoms with Gasteiger partial charge in [0.1, 0.15) is 11.2 Å². The highest BCUT2D eigenvalue weighted by Crippen LogP contribution is 2.25. The Morgan fingerprint density at radius 1 is 0.794 bits per heavy atom. The van der Waals surface area contributed by atoms with Crippen LogP contribution < -0.4 is 5.56 Å². The predicted octanol–water partition coefficient (Wildman–Crippen LogP) is 5.08. The third kappa shape index (κ3) is 3.39. The van der Waals surface area contributed by atoms with Crippen LogP contribution >= 0.6 is 11.6 Å². The molecule has 0 unspecified atom stereocenters. The molecule has 34 heavy (non-hydrogen) atoms. The van der Waals surface area contributed by atoms with Gasteiger partial charge in [-0.1, -0.05) is 29.8 Å². The van der Waals surface area contributed by atoms with Crippen LogP contribution in [-0.4, -0.2) is 28.9 Å². The van der Waals surface area contributed by atoms with Crippen LogP contribution in [0.1, 0.15) is 0 Å². The zero-order valence-corrected chi connectivity index (χ0v) is 18.5. The van der Waals surface area contributed by atoms with Crippen molar-refractivity contribution >= 4 is 22.6 Å². The number of rotatable bonds is 4. The van der Waals surface area contributed by atoms with Crippen molar-refractivity contribution in [1.29, 1.82) is 0 Å². The lowest BCUT2D eigenvalue weighted by atomic mass is 10.1. The van der Waals surface area contributed by atoms with E-state index in [9.17, 15) is 4.79 Å². The van der Waals surface area contributed by atoms with Gasteiger partial charge < -0.3 is 4.57 Å². The Morgan fingerprint density at radius 2 is 1.53 bits per heavy atom. The van der Waals surface area contributed by atoms with E-state index in [2.05, 4.69) is 10.1 Å². The highest BCUT2D eigenvalue weighted by molar-refractivity contribution is 6.30. The standard InChI is InChI=1S/C26H17ClN6O/c27-19-8-12-21(13-9-19)32-24(18-6-10-20(11-7-18)31-15-14-28-17-31)30-25-23(26(32)34)16-29-33(25)22-4-2-1-3-5-22/h1-17H. The van der Waals surface area contributed by atoms with Gasteiger partial charge in [0.15, 0.2) is 5.65 Å². The molecule has 7 nitrogen and oxygen atoms in total. The molecule has 0 fully saturated rings. The van der Waals surface area contributed by atoms with E-state index < -0.39 is 0 Å². The lowest BCUT2D eigenvalue weighted by Gasteiger charge is -2.14. The van der Waals surface area contributed by atoms with Gasteiger partial charge in [-0.3, -0.25) is 9.36 Å². The summed E-state index contributed by atoms with van der Waals surface area (Å²) in [4.78, 5) is 22.8. The molecule has 0 saturated carbocycles. The molecular formula is C26H17ClN6O. The molecule has 0 N–H and O–H groups in total. The van der Waals surface area contributed by atoms with Gasteiger partial charge in [0.05, 0.1) is 23.9 Å². The van der Waals surface area contributed by atoms with Crippen LogP contribution in [0.2, 0.25) is 5.02 Å². The number of halogens is 1. The molecule has 0 radical (unpaired) electrons. The molecule has 0 atom stereocenters. The Bertz CT molecular complexity index is 1650. The number of fused-ring (bicyclic) bond motifs is 1. The predicted molar refractivity (Wildman–Crippen MR) is 132 cm³/mol. The molecule has 3 aromatic heterocycles. The fourth-order valence-electron chi connectivity index (χ4n) is 3.94. The molecule has 0 aliphatic carbocycles. The quantitative estimate of drug-likeness (QED) is 0.365. The fourth-order valence-corrected chi connectivity index (χ4v) is 4.07. The maximum absolute atomic E-state index is 13.7. The lowest BCUT2D eigenvalue weighted by molar-refractivity contribution is 0.888. The van der Waals surface area contributed by atoms with E-state index in [1.807, 2.05) is 77.5 Å². The minimum atomic E-state index is -0.205. The van der Waals surface area contributed by atoms with Crippen molar-refractivity contribution in [3.8, 4) is 28.5 Å². The Morgan fingerprint density at radius 3 is 2.24 bits per heavy atom. The number of hydrogen-bond donors (Lipinski definition) is 0. The highest BCUT2D eigenvalue weighted by atomic mass is 35.5. The Hall–Kier alpha value is -4.49. The van der Waals surface area contributed by atoms with Crippen molar-refractivity contribution in [3.05, 3.63) is 119 Å². The monoisotopic (exact) mass is 464 g/mol. The van der Waals surface area contributed by atoms with Gasteiger partial charge in [-0.25, -0.2) is 14.6 Å². The van der Waals surface area contributed by atoms with Crippen molar-refractivity contribution in [2.75, 3.05) is 0 Å². The number of aromatic nitrogens is 6. The average molecular weight is 465 g/mol. The Kier molecular flexibility index (Phi) is 4.82. The van der Waals surface area contributed by atoms with Gasteiger partial charge >= 0.3 is 0 Å². The van der Waals surface area contributed by atoms with E-state index >= 15 is 0 Å². The van der Waals surface area contributed by atoms with Gasteiger partial charge in [0, 0.05) is 28.7 Å². The third-order valence-electron chi connectivity index (χ3n) is 5.61. The normalized spacial score (nSPS) is 11.2. The first-order chi connectivity index (χ1) is 16.7. The molecule has 3 aromatic carbocycles. The topological polar surface area (TPSA) is 70.5 Å². The highest BCUT2D eigenvalue weighted by Gasteiger charge is 2.18. The summed E-state index contributed by atoms with van der Waals surface area (Å²) < 4.78 is 5.20. The van der Waals surface area contributed by atoms with Crippen LogP contribution in [0.3, 0.4) is 0 Å². The second-order valence-electron chi connectivity index (χ2n) is 7.70. The summed E-state index contributed by atoms with van der Waals surface area (Å²) in [5.74, 6) is 0.509. The van der Waals surface area contributed by atoms with Crippen molar-refractivity contribution in [2.45, 2.75) is 0 Å². The number of benzene rings is 3. The van der Waals surface area contributed by atoms with Gasteiger partial charge in [0.25, 0.3) is 5.56 Å². The maximum atomic E-state index is 13.7. The Balaban J connectivity index is 1.61. The lowest BCUT2D eigenvalue weighted by Crippen LogP contribution is -2.22. The van der Waals surface area contributed by atoms with E-state index in [4.69, 9.17) is 16.6 Å². The molecule has 0 aliphatic heterocycles. The molecule has 8 heteroatoms. The molecule has 6 aromatic rings. The van der Waals surface area contributed by atoms with Crippen LogP contribution in [0.4, 0.5) is 0 Å². The van der Waals surface area contributed by atoms with E-state index in [0.717, 1.165) is 16.9 Å². The molecule has 0 bridgehead atoms. The summed E-state index contributed by atoms with van der Waals surface area (Å²) >= 11 is 6.10. The largest absolute Gasteiger partial charge is 0.306 e. The van der Waals surface area contributed by atoms with E-state index in [1.54, 1.807) is 40.1 Å². The summed E-state index contributed by atoms with van der Waals surface area (Å²) in [6.07, 6.45) is 6.91. The molecule has 0 spiro atoms.